The Labute approximate surface area is 136 Å². The second-order valence-electron chi connectivity index (χ2n) is 6.66. The summed E-state index contributed by atoms with van der Waals surface area (Å²) in [5.41, 5.74) is 0.332. The number of piperidine rings is 1. The van der Waals surface area contributed by atoms with Crippen LogP contribution in [-0.4, -0.2) is 30.7 Å². The molecule has 0 unspecified atom stereocenters. The molecule has 0 radical (unpaired) electrons. The molecule has 0 N–H and O–H groups in total. The first-order valence-electron chi connectivity index (χ1n) is 8.15. The SMILES string of the molecule is Cc1ccc(S(=O)(=O)N2CC[C@H]3CCCC[C@@H]3C2)cc1[N+](=O)[O-]. The van der Waals surface area contributed by atoms with Gasteiger partial charge in [0.2, 0.25) is 10.0 Å². The molecule has 3 rings (SSSR count). The van der Waals surface area contributed by atoms with Crippen LogP contribution in [0, 0.1) is 28.9 Å². The molecule has 0 aromatic heterocycles. The zero-order valence-electron chi connectivity index (χ0n) is 13.3. The minimum atomic E-state index is -3.66. The molecule has 23 heavy (non-hydrogen) atoms. The fourth-order valence-electron chi connectivity index (χ4n) is 3.88. The van der Waals surface area contributed by atoms with Crippen molar-refractivity contribution < 1.29 is 13.3 Å². The van der Waals surface area contributed by atoms with Gasteiger partial charge in [0, 0.05) is 24.7 Å². The van der Waals surface area contributed by atoms with Crippen LogP contribution in [0.15, 0.2) is 23.1 Å². The van der Waals surface area contributed by atoms with Gasteiger partial charge in [-0.3, -0.25) is 10.1 Å². The van der Waals surface area contributed by atoms with Crippen LogP contribution in [0.5, 0.6) is 0 Å². The molecule has 1 aromatic carbocycles. The van der Waals surface area contributed by atoms with E-state index in [1.807, 2.05) is 0 Å². The summed E-state index contributed by atoms with van der Waals surface area (Å²) in [5, 5.41) is 11.1. The second kappa shape index (κ2) is 6.20. The van der Waals surface area contributed by atoms with Crippen LogP contribution >= 0.6 is 0 Å². The van der Waals surface area contributed by atoms with Gasteiger partial charge in [-0.1, -0.05) is 25.3 Å². The molecule has 2 fully saturated rings. The maximum absolute atomic E-state index is 12.9. The van der Waals surface area contributed by atoms with Crippen LogP contribution in [0.2, 0.25) is 0 Å². The number of benzene rings is 1. The van der Waals surface area contributed by atoms with E-state index < -0.39 is 14.9 Å². The Balaban J connectivity index is 1.87. The third-order valence-corrected chi connectivity index (χ3v) is 7.13. The third kappa shape index (κ3) is 3.12. The minimum absolute atomic E-state index is 0.0315. The zero-order valence-corrected chi connectivity index (χ0v) is 14.1. The van der Waals surface area contributed by atoms with Crippen molar-refractivity contribution in [2.75, 3.05) is 13.1 Å². The van der Waals surface area contributed by atoms with E-state index in [1.165, 1.54) is 41.8 Å². The fraction of sp³-hybridized carbons (Fsp3) is 0.625. The van der Waals surface area contributed by atoms with Crippen molar-refractivity contribution in [1.82, 2.24) is 4.31 Å². The van der Waals surface area contributed by atoms with Crippen molar-refractivity contribution in [3.8, 4) is 0 Å². The maximum atomic E-state index is 12.9. The van der Waals surface area contributed by atoms with E-state index in [0.29, 0.717) is 30.5 Å². The molecule has 7 heteroatoms. The smallest absolute Gasteiger partial charge is 0.258 e. The van der Waals surface area contributed by atoms with Gasteiger partial charge in [-0.2, -0.15) is 4.31 Å². The Morgan fingerprint density at radius 1 is 1.17 bits per heavy atom. The average molecular weight is 338 g/mol. The molecule has 0 bridgehead atoms. The van der Waals surface area contributed by atoms with Gasteiger partial charge in [0.25, 0.3) is 5.69 Å². The minimum Gasteiger partial charge on any atom is -0.258 e. The van der Waals surface area contributed by atoms with Gasteiger partial charge >= 0.3 is 0 Å². The largest absolute Gasteiger partial charge is 0.273 e. The molecule has 2 atom stereocenters. The normalized spacial score (nSPS) is 25.8. The van der Waals surface area contributed by atoms with Crippen LogP contribution in [0.4, 0.5) is 5.69 Å². The summed E-state index contributed by atoms with van der Waals surface area (Å²) in [7, 11) is -3.66. The Bertz CT molecular complexity index is 717. The molecule has 6 nitrogen and oxygen atoms in total. The number of nitro benzene ring substituents is 1. The lowest BCUT2D eigenvalue weighted by Gasteiger charge is -2.40. The Morgan fingerprint density at radius 2 is 1.87 bits per heavy atom. The van der Waals surface area contributed by atoms with Gasteiger partial charge < -0.3 is 0 Å². The summed E-state index contributed by atoms with van der Waals surface area (Å²) in [6.07, 6.45) is 5.61. The number of nitrogens with zero attached hydrogens (tertiary/aromatic N) is 2. The Hall–Kier alpha value is -1.47. The van der Waals surface area contributed by atoms with Crippen LogP contribution in [0.25, 0.3) is 0 Å². The highest BCUT2D eigenvalue weighted by Crippen LogP contribution is 2.38. The lowest BCUT2D eigenvalue weighted by Crippen LogP contribution is -2.44. The van der Waals surface area contributed by atoms with Gasteiger partial charge in [-0.25, -0.2) is 8.42 Å². The van der Waals surface area contributed by atoms with Gasteiger partial charge in [-0.15, -0.1) is 0 Å². The Kier molecular flexibility index (Phi) is 4.42. The van der Waals surface area contributed by atoms with Crippen LogP contribution in [0.1, 0.15) is 37.7 Å². The number of nitro groups is 1. The van der Waals surface area contributed by atoms with E-state index in [0.717, 1.165) is 12.8 Å². The predicted octanol–water partition coefficient (Wildman–Crippen LogP) is 3.10. The van der Waals surface area contributed by atoms with Crippen molar-refractivity contribution in [1.29, 1.82) is 0 Å². The first kappa shape index (κ1) is 16.4. The molecular weight excluding hydrogens is 316 g/mol. The molecule has 1 aliphatic carbocycles. The lowest BCUT2D eigenvalue weighted by atomic mass is 9.76. The lowest BCUT2D eigenvalue weighted by molar-refractivity contribution is -0.385. The number of rotatable bonds is 3. The number of aryl methyl sites for hydroxylation is 1. The van der Waals surface area contributed by atoms with Gasteiger partial charge in [-0.05, 0) is 37.7 Å². The van der Waals surface area contributed by atoms with Crippen LogP contribution in [0.3, 0.4) is 0 Å². The molecular formula is C16H22N2O4S. The van der Waals surface area contributed by atoms with Crippen molar-refractivity contribution in [3.63, 3.8) is 0 Å². The predicted molar refractivity (Wildman–Crippen MR) is 86.7 cm³/mol. The molecule has 1 aliphatic heterocycles. The highest BCUT2D eigenvalue weighted by atomic mass is 32.2. The zero-order chi connectivity index (χ0) is 16.6. The Morgan fingerprint density at radius 3 is 2.57 bits per heavy atom. The van der Waals surface area contributed by atoms with Crippen LogP contribution in [-0.2, 0) is 10.0 Å². The van der Waals surface area contributed by atoms with E-state index in [4.69, 9.17) is 0 Å². The molecule has 0 amide bonds. The summed E-state index contributed by atoms with van der Waals surface area (Å²) in [4.78, 5) is 10.6. The van der Waals surface area contributed by atoms with E-state index in [-0.39, 0.29) is 10.6 Å². The molecule has 0 spiro atoms. The molecule has 1 saturated heterocycles. The molecule has 1 heterocycles. The highest BCUT2D eigenvalue weighted by molar-refractivity contribution is 7.89. The maximum Gasteiger partial charge on any atom is 0.273 e. The molecule has 1 aromatic rings. The number of fused-ring (bicyclic) bond motifs is 1. The number of hydrogen-bond acceptors (Lipinski definition) is 4. The molecule has 126 valence electrons. The van der Waals surface area contributed by atoms with Crippen molar-refractivity contribution in [2.45, 2.75) is 43.9 Å². The monoisotopic (exact) mass is 338 g/mol. The van der Waals surface area contributed by atoms with E-state index >= 15 is 0 Å². The van der Waals surface area contributed by atoms with E-state index in [1.54, 1.807) is 6.92 Å². The summed E-state index contributed by atoms with van der Waals surface area (Å²) in [5.74, 6) is 1.08. The fourth-order valence-corrected chi connectivity index (χ4v) is 5.41. The van der Waals surface area contributed by atoms with E-state index in [2.05, 4.69) is 0 Å². The van der Waals surface area contributed by atoms with Gasteiger partial charge in [0.15, 0.2) is 0 Å². The summed E-state index contributed by atoms with van der Waals surface area (Å²) in [6, 6.07) is 4.18. The summed E-state index contributed by atoms with van der Waals surface area (Å²) >= 11 is 0. The molecule has 1 saturated carbocycles. The third-order valence-electron chi connectivity index (χ3n) is 5.27. The highest BCUT2D eigenvalue weighted by Gasteiger charge is 2.37. The van der Waals surface area contributed by atoms with Crippen molar-refractivity contribution in [2.24, 2.45) is 11.8 Å². The van der Waals surface area contributed by atoms with Gasteiger partial charge in [0.1, 0.15) is 0 Å². The quantitative estimate of drug-likeness (QED) is 0.626. The standard InChI is InChI=1S/C16H22N2O4S/c1-12-6-7-15(10-16(12)18(19)20)23(21,22)17-9-8-13-4-2-3-5-14(13)11-17/h6-7,10,13-14H,2-5,8-9,11H2,1H3/t13-,14-/m1/s1. The second-order valence-corrected chi connectivity index (χ2v) is 8.60. The van der Waals surface area contributed by atoms with Crippen molar-refractivity contribution >= 4 is 15.7 Å². The van der Waals surface area contributed by atoms with Crippen molar-refractivity contribution in [3.05, 3.63) is 33.9 Å². The first-order valence-corrected chi connectivity index (χ1v) is 9.59. The summed E-state index contributed by atoms with van der Waals surface area (Å²) < 4.78 is 27.2. The molecule has 2 aliphatic rings. The average Bonchev–Trinajstić information content (AvgIpc) is 2.54. The number of hydrogen-bond donors (Lipinski definition) is 0. The topological polar surface area (TPSA) is 80.5 Å². The van der Waals surface area contributed by atoms with Gasteiger partial charge in [0.05, 0.1) is 9.82 Å². The summed E-state index contributed by atoms with van der Waals surface area (Å²) in [6.45, 7) is 2.68. The first-order chi connectivity index (χ1) is 10.9. The van der Waals surface area contributed by atoms with E-state index in [9.17, 15) is 18.5 Å². The number of sulfonamides is 1. The van der Waals surface area contributed by atoms with Crippen LogP contribution < -0.4 is 0 Å².